The lowest BCUT2D eigenvalue weighted by Gasteiger charge is -2.08. The molecule has 0 aliphatic rings. The van der Waals surface area contributed by atoms with Gasteiger partial charge in [0.25, 0.3) is 10.0 Å². The minimum Gasteiger partial charge on any atom is -0.360 e. The summed E-state index contributed by atoms with van der Waals surface area (Å²) in [5.41, 5.74) is 1.49. The minimum atomic E-state index is -3.80. The molecule has 3 rings (SSSR count). The van der Waals surface area contributed by atoms with E-state index in [0.717, 1.165) is 21.6 Å². The van der Waals surface area contributed by atoms with E-state index in [-0.39, 0.29) is 15.5 Å². The van der Waals surface area contributed by atoms with Crippen molar-refractivity contribution >= 4 is 37.3 Å². The lowest BCUT2D eigenvalue weighted by Crippen LogP contribution is -2.14. The number of fused-ring (bicyclic) bond motifs is 1. The fraction of sp³-hybridized carbons (Fsp3) is 0.286. The molecule has 0 radical (unpaired) electrons. The van der Waals surface area contributed by atoms with Crippen LogP contribution in [0.5, 0.6) is 0 Å². The van der Waals surface area contributed by atoms with Gasteiger partial charge in [-0.05, 0) is 39.0 Å². The van der Waals surface area contributed by atoms with Crippen LogP contribution in [-0.4, -0.2) is 18.1 Å². The normalized spacial score (nSPS) is 12.0. The molecule has 0 spiro atoms. The molecule has 0 bridgehead atoms. The molecule has 0 amide bonds. The number of sulfonamides is 1. The molecule has 0 unspecified atom stereocenters. The van der Waals surface area contributed by atoms with Crippen LogP contribution in [0.25, 0.3) is 10.2 Å². The first-order valence-corrected chi connectivity index (χ1v) is 9.22. The van der Waals surface area contributed by atoms with Gasteiger partial charge in [0.15, 0.2) is 10.7 Å². The first-order valence-electron chi connectivity index (χ1n) is 6.92. The molecule has 0 fully saturated rings. The number of hydrogen-bond donors (Lipinski definition) is 1. The third-order valence-corrected chi connectivity index (χ3v) is 6.04. The smallest absolute Gasteiger partial charge is 0.308 e. The van der Waals surface area contributed by atoms with Crippen LogP contribution in [0.1, 0.15) is 18.4 Å². The van der Waals surface area contributed by atoms with E-state index < -0.39 is 10.0 Å². The van der Waals surface area contributed by atoms with Gasteiger partial charge in [-0.25, -0.2) is 8.42 Å². The molecule has 1 aromatic carbocycles. The number of nitrogens with zero attached hydrogens (tertiary/aromatic N) is 2. The van der Waals surface area contributed by atoms with Crippen LogP contribution < -0.4 is 9.60 Å². The zero-order chi connectivity index (χ0) is 16.8. The summed E-state index contributed by atoms with van der Waals surface area (Å²) in [6.07, 6.45) is 0. The Morgan fingerprint density at radius 1 is 1.35 bits per heavy atom. The molecular formula is C14H15N3O4S2. The van der Waals surface area contributed by atoms with E-state index in [1.807, 2.05) is 6.92 Å². The number of anilines is 1. The molecule has 3 aromatic rings. The Morgan fingerprint density at radius 2 is 2.09 bits per heavy atom. The lowest BCUT2D eigenvalue weighted by atomic mass is 10.3. The van der Waals surface area contributed by atoms with Gasteiger partial charge >= 0.3 is 4.87 Å². The SMILES string of the molecule is CCn1c(=O)sc2cc(NS(=O)(=O)c3c(C)noc3C)ccc21. The Kier molecular flexibility index (Phi) is 3.77. The summed E-state index contributed by atoms with van der Waals surface area (Å²) in [6, 6.07) is 5.03. The van der Waals surface area contributed by atoms with Gasteiger partial charge < -0.3 is 4.52 Å². The molecule has 0 aliphatic heterocycles. The van der Waals surface area contributed by atoms with Crippen LogP contribution in [0.2, 0.25) is 0 Å². The Hall–Kier alpha value is -2.13. The molecule has 9 heteroatoms. The van der Waals surface area contributed by atoms with Gasteiger partial charge in [-0.2, -0.15) is 0 Å². The fourth-order valence-electron chi connectivity index (χ4n) is 2.49. The zero-order valence-corrected chi connectivity index (χ0v) is 14.4. The van der Waals surface area contributed by atoms with Gasteiger partial charge in [0, 0.05) is 6.54 Å². The first-order chi connectivity index (χ1) is 10.8. The number of benzene rings is 1. The molecule has 1 N–H and O–H groups in total. The molecule has 23 heavy (non-hydrogen) atoms. The predicted molar refractivity (Wildman–Crippen MR) is 88.5 cm³/mol. The second kappa shape index (κ2) is 5.50. The first kappa shape index (κ1) is 15.8. The highest BCUT2D eigenvalue weighted by Crippen LogP contribution is 2.26. The van der Waals surface area contributed by atoms with Crippen LogP contribution >= 0.6 is 11.3 Å². The molecule has 0 saturated heterocycles. The van der Waals surface area contributed by atoms with E-state index in [2.05, 4.69) is 9.88 Å². The maximum Gasteiger partial charge on any atom is 0.308 e. The topological polar surface area (TPSA) is 94.2 Å². The van der Waals surface area contributed by atoms with Gasteiger partial charge in [0.05, 0.1) is 15.9 Å². The van der Waals surface area contributed by atoms with Gasteiger partial charge in [-0.1, -0.05) is 16.5 Å². The van der Waals surface area contributed by atoms with Crippen molar-refractivity contribution in [2.75, 3.05) is 4.72 Å². The molecule has 0 aliphatic carbocycles. The lowest BCUT2D eigenvalue weighted by molar-refractivity contribution is 0.390. The summed E-state index contributed by atoms with van der Waals surface area (Å²) in [5.74, 6) is 0.234. The second-order valence-electron chi connectivity index (χ2n) is 5.05. The number of nitrogens with one attached hydrogen (secondary N) is 1. The monoisotopic (exact) mass is 353 g/mol. The largest absolute Gasteiger partial charge is 0.360 e. The quantitative estimate of drug-likeness (QED) is 0.777. The van der Waals surface area contributed by atoms with E-state index in [4.69, 9.17) is 4.52 Å². The van der Waals surface area contributed by atoms with Gasteiger partial charge in [-0.3, -0.25) is 14.1 Å². The highest BCUT2D eigenvalue weighted by Gasteiger charge is 2.24. The summed E-state index contributed by atoms with van der Waals surface area (Å²) in [5, 5.41) is 3.66. The van der Waals surface area contributed by atoms with Crippen LogP contribution in [0.15, 0.2) is 32.4 Å². The van der Waals surface area contributed by atoms with E-state index in [0.29, 0.717) is 17.9 Å². The molecule has 7 nitrogen and oxygen atoms in total. The number of hydrogen-bond acceptors (Lipinski definition) is 6. The van der Waals surface area contributed by atoms with Crippen molar-refractivity contribution in [1.29, 1.82) is 0 Å². The number of aryl methyl sites for hydroxylation is 3. The zero-order valence-electron chi connectivity index (χ0n) is 12.8. The van der Waals surface area contributed by atoms with E-state index in [9.17, 15) is 13.2 Å². The maximum absolute atomic E-state index is 12.5. The number of rotatable bonds is 4. The summed E-state index contributed by atoms with van der Waals surface area (Å²) in [7, 11) is -3.80. The van der Waals surface area contributed by atoms with Crippen LogP contribution in [0.3, 0.4) is 0 Å². The van der Waals surface area contributed by atoms with Gasteiger partial charge in [-0.15, -0.1) is 0 Å². The van der Waals surface area contributed by atoms with Crippen LogP contribution in [0, 0.1) is 13.8 Å². The Bertz CT molecular complexity index is 1020. The summed E-state index contributed by atoms with van der Waals surface area (Å²) < 4.78 is 34.8. The van der Waals surface area contributed by atoms with Crippen molar-refractivity contribution < 1.29 is 12.9 Å². The highest BCUT2D eigenvalue weighted by molar-refractivity contribution is 7.92. The molecule has 2 heterocycles. The number of aromatic nitrogens is 2. The van der Waals surface area contributed by atoms with E-state index in [1.165, 1.54) is 0 Å². The van der Waals surface area contributed by atoms with E-state index >= 15 is 0 Å². The van der Waals surface area contributed by atoms with Crippen molar-refractivity contribution in [3.63, 3.8) is 0 Å². The molecule has 122 valence electrons. The molecule has 0 atom stereocenters. The third kappa shape index (κ3) is 2.66. The average Bonchev–Trinajstić information content (AvgIpc) is 2.96. The summed E-state index contributed by atoms with van der Waals surface area (Å²) in [6.45, 7) is 5.58. The highest BCUT2D eigenvalue weighted by atomic mass is 32.2. The Morgan fingerprint density at radius 3 is 2.70 bits per heavy atom. The molecular weight excluding hydrogens is 338 g/mol. The van der Waals surface area contributed by atoms with Gasteiger partial charge in [0.1, 0.15) is 5.69 Å². The second-order valence-corrected chi connectivity index (χ2v) is 7.67. The summed E-state index contributed by atoms with van der Waals surface area (Å²) >= 11 is 1.09. The van der Waals surface area contributed by atoms with Crippen molar-refractivity contribution in [2.24, 2.45) is 0 Å². The standard InChI is InChI=1S/C14H15N3O4S2/c1-4-17-11-6-5-10(7-12(11)22-14(17)18)16-23(19,20)13-8(2)15-21-9(13)3/h5-7,16H,4H2,1-3H3. The minimum absolute atomic E-state index is 0.0388. The van der Waals surface area contributed by atoms with Crippen LogP contribution in [0.4, 0.5) is 5.69 Å². The van der Waals surface area contributed by atoms with Crippen molar-refractivity contribution in [3.8, 4) is 0 Å². The van der Waals surface area contributed by atoms with Crippen molar-refractivity contribution in [3.05, 3.63) is 39.3 Å². The third-order valence-electron chi connectivity index (χ3n) is 3.47. The van der Waals surface area contributed by atoms with Crippen LogP contribution in [-0.2, 0) is 16.6 Å². The van der Waals surface area contributed by atoms with E-state index in [1.54, 1.807) is 36.6 Å². The molecule has 0 saturated carbocycles. The summed E-state index contributed by atoms with van der Waals surface area (Å²) in [4.78, 5) is 11.8. The average molecular weight is 353 g/mol. The van der Waals surface area contributed by atoms with Crippen molar-refractivity contribution in [1.82, 2.24) is 9.72 Å². The molecule has 2 aromatic heterocycles. The Labute approximate surface area is 136 Å². The Balaban J connectivity index is 2.03. The number of thiazole rings is 1. The van der Waals surface area contributed by atoms with Crippen molar-refractivity contribution in [2.45, 2.75) is 32.2 Å². The van der Waals surface area contributed by atoms with Gasteiger partial charge in [0.2, 0.25) is 0 Å². The fourth-order valence-corrected chi connectivity index (χ4v) is 4.87. The maximum atomic E-state index is 12.5. The predicted octanol–water partition coefficient (Wildman–Crippen LogP) is 2.49.